The molecule has 0 aliphatic heterocycles. The first-order valence-corrected chi connectivity index (χ1v) is 6.78. The SMILES string of the molecule is COc1ccc(C(F)(F)/C(=N/O)N(C)OC(C)(C)C)cc1Cl. The Balaban J connectivity index is 3.17. The third-order valence-corrected chi connectivity index (χ3v) is 2.89. The number of methoxy groups -OCH3 is 1. The molecule has 0 atom stereocenters. The third kappa shape index (κ3) is 4.20. The van der Waals surface area contributed by atoms with Gasteiger partial charge in [0.05, 0.1) is 17.7 Å². The average Bonchev–Trinajstić information content (AvgIpc) is 2.36. The van der Waals surface area contributed by atoms with E-state index in [1.807, 2.05) is 0 Å². The van der Waals surface area contributed by atoms with E-state index < -0.39 is 22.9 Å². The molecule has 0 unspecified atom stereocenters. The topological polar surface area (TPSA) is 54.3 Å². The summed E-state index contributed by atoms with van der Waals surface area (Å²) in [4.78, 5) is 5.28. The lowest BCUT2D eigenvalue weighted by Gasteiger charge is -2.31. The molecule has 0 heterocycles. The van der Waals surface area contributed by atoms with Gasteiger partial charge in [-0.2, -0.15) is 8.78 Å². The fourth-order valence-electron chi connectivity index (χ4n) is 1.77. The fraction of sp³-hybridized carbons (Fsp3) is 0.500. The van der Waals surface area contributed by atoms with Crippen LogP contribution < -0.4 is 4.74 Å². The van der Waals surface area contributed by atoms with E-state index in [4.69, 9.17) is 26.4 Å². The Morgan fingerprint density at radius 2 is 1.91 bits per heavy atom. The molecule has 1 aromatic carbocycles. The molecular formula is C14H19ClF2N2O3. The first-order chi connectivity index (χ1) is 10.0. The van der Waals surface area contributed by atoms with Gasteiger partial charge in [0.25, 0.3) is 0 Å². The van der Waals surface area contributed by atoms with Crippen LogP contribution in [0.3, 0.4) is 0 Å². The molecule has 5 nitrogen and oxygen atoms in total. The molecule has 0 radical (unpaired) electrons. The Bertz CT molecular complexity index is 560. The van der Waals surface area contributed by atoms with Gasteiger partial charge >= 0.3 is 5.92 Å². The van der Waals surface area contributed by atoms with Gasteiger partial charge in [-0.3, -0.25) is 4.84 Å². The van der Waals surface area contributed by atoms with Gasteiger partial charge < -0.3 is 9.94 Å². The summed E-state index contributed by atoms with van der Waals surface area (Å²) in [6, 6.07) is 3.50. The van der Waals surface area contributed by atoms with Crippen molar-refractivity contribution >= 4 is 17.4 Å². The van der Waals surface area contributed by atoms with Gasteiger partial charge in [0, 0.05) is 12.6 Å². The summed E-state index contributed by atoms with van der Waals surface area (Å²) in [6.07, 6.45) is 0. The van der Waals surface area contributed by atoms with Crippen molar-refractivity contribution in [3.8, 4) is 5.75 Å². The largest absolute Gasteiger partial charge is 0.495 e. The molecule has 0 fully saturated rings. The quantitative estimate of drug-likeness (QED) is 0.392. The van der Waals surface area contributed by atoms with Crippen molar-refractivity contribution in [1.82, 2.24) is 5.06 Å². The number of oxime groups is 1. The zero-order valence-corrected chi connectivity index (χ0v) is 13.8. The van der Waals surface area contributed by atoms with Gasteiger partial charge in [0.15, 0.2) is 0 Å². The number of ether oxygens (including phenoxy) is 1. The number of rotatable bonds is 4. The van der Waals surface area contributed by atoms with E-state index in [1.54, 1.807) is 20.8 Å². The van der Waals surface area contributed by atoms with Gasteiger partial charge in [-0.25, -0.2) is 5.06 Å². The van der Waals surface area contributed by atoms with Crippen LogP contribution in [0.5, 0.6) is 5.75 Å². The first-order valence-electron chi connectivity index (χ1n) is 6.40. The van der Waals surface area contributed by atoms with E-state index in [1.165, 1.54) is 20.2 Å². The second kappa shape index (κ2) is 6.66. The van der Waals surface area contributed by atoms with Crippen molar-refractivity contribution in [2.45, 2.75) is 32.3 Å². The van der Waals surface area contributed by atoms with E-state index in [2.05, 4.69) is 5.16 Å². The Morgan fingerprint density at radius 1 is 1.32 bits per heavy atom. The highest BCUT2D eigenvalue weighted by molar-refractivity contribution is 6.32. The summed E-state index contributed by atoms with van der Waals surface area (Å²) < 4.78 is 34.0. The zero-order chi connectivity index (χ0) is 17.1. The lowest BCUT2D eigenvalue weighted by Crippen LogP contribution is -2.43. The molecule has 1 rings (SSSR count). The predicted octanol–water partition coefficient (Wildman–Crippen LogP) is 3.89. The Kier molecular flexibility index (Phi) is 5.59. The second-order valence-corrected chi connectivity index (χ2v) is 5.96. The van der Waals surface area contributed by atoms with Crippen LogP contribution in [0.4, 0.5) is 8.78 Å². The van der Waals surface area contributed by atoms with Crippen LogP contribution in [0.2, 0.25) is 5.02 Å². The van der Waals surface area contributed by atoms with E-state index in [0.29, 0.717) is 0 Å². The minimum atomic E-state index is -3.61. The lowest BCUT2D eigenvalue weighted by atomic mass is 10.1. The molecule has 0 bridgehead atoms. The van der Waals surface area contributed by atoms with Crippen molar-refractivity contribution in [3.05, 3.63) is 28.8 Å². The summed E-state index contributed by atoms with van der Waals surface area (Å²) in [5.41, 5.74) is -1.19. The highest BCUT2D eigenvalue weighted by Gasteiger charge is 2.43. The summed E-state index contributed by atoms with van der Waals surface area (Å²) in [5.74, 6) is -4.29. The van der Waals surface area contributed by atoms with E-state index in [-0.39, 0.29) is 10.8 Å². The number of hydroxylamine groups is 2. The van der Waals surface area contributed by atoms with E-state index >= 15 is 0 Å². The summed E-state index contributed by atoms with van der Waals surface area (Å²) in [6.45, 7) is 5.04. The van der Waals surface area contributed by atoms with Gasteiger partial charge in [-0.1, -0.05) is 16.8 Å². The molecule has 0 saturated heterocycles. The van der Waals surface area contributed by atoms with Crippen LogP contribution in [-0.2, 0) is 10.8 Å². The molecule has 0 amide bonds. The molecule has 0 aliphatic rings. The number of likely N-dealkylation sites (N-methyl/N-ethyl adjacent to an activating group) is 1. The van der Waals surface area contributed by atoms with Crippen molar-refractivity contribution in [1.29, 1.82) is 0 Å². The predicted molar refractivity (Wildman–Crippen MR) is 79.7 cm³/mol. The maximum absolute atomic E-state index is 14.6. The molecule has 0 aliphatic carbocycles. The Morgan fingerprint density at radius 3 is 2.32 bits per heavy atom. The summed E-state index contributed by atoms with van der Waals surface area (Å²) >= 11 is 5.86. The molecule has 22 heavy (non-hydrogen) atoms. The fourth-order valence-corrected chi connectivity index (χ4v) is 2.03. The van der Waals surface area contributed by atoms with Crippen LogP contribution in [0.1, 0.15) is 26.3 Å². The molecule has 1 aromatic rings. The number of hydrogen-bond donors (Lipinski definition) is 1. The van der Waals surface area contributed by atoms with Crippen LogP contribution in [-0.4, -0.2) is 35.9 Å². The lowest BCUT2D eigenvalue weighted by molar-refractivity contribution is -0.179. The highest BCUT2D eigenvalue weighted by atomic mass is 35.5. The van der Waals surface area contributed by atoms with Crippen molar-refractivity contribution < 1.29 is 23.6 Å². The summed E-state index contributed by atoms with van der Waals surface area (Å²) in [7, 11) is 2.62. The molecule has 0 saturated carbocycles. The third-order valence-electron chi connectivity index (χ3n) is 2.60. The molecule has 124 valence electrons. The number of hydrogen-bond acceptors (Lipinski definition) is 4. The first kappa shape index (κ1) is 18.4. The van der Waals surface area contributed by atoms with Gasteiger partial charge in [0.1, 0.15) is 5.75 Å². The van der Waals surface area contributed by atoms with Crippen molar-refractivity contribution in [2.75, 3.05) is 14.2 Å². The van der Waals surface area contributed by atoms with Crippen molar-refractivity contribution in [2.24, 2.45) is 5.16 Å². The number of nitrogens with zero attached hydrogens (tertiary/aromatic N) is 2. The molecule has 0 aromatic heterocycles. The summed E-state index contributed by atoms with van der Waals surface area (Å²) in [5, 5.41) is 12.4. The maximum Gasteiger partial charge on any atom is 0.335 e. The van der Waals surface area contributed by atoms with Gasteiger partial charge in [-0.05, 0) is 39.0 Å². The normalized spacial score (nSPS) is 13.2. The molecule has 1 N–H and O–H groups in total. The van der Waals surface area contributed by atoms with Crippen LogP contribution in [0, 0.1) is 0 Å². The second-order valence-electron chi connectivity index (χ2n) is 5.55. The monoisotopic (exact) mass is 336 g/mol. The minimum Gasteiger partial charge on any atom is -0.495 e. The number of alkyl halides is 2. The van der Waals surface area contributed by atoms with Crippen LogP contribution in [0.15, 0.2) is 23.4 Å². The van der Waals surface area contributed by atoms with E-state index in [9.17, 15) is 8.78 Å². The smallest absolute Gasteiger partial charge is 0.335 e. The minimum absolute atomic E-state index is 0.0244. The van der Waals surface area contributed by atoms with Crippen LogP contribution >= 0.6 is 11.6 Å². The van der Waals surface area contributed by atoms with E-state index in [0.717, 1.165) is 17.2 Å². The molecule has 8 heteroatoms. The number of amidine groups is 1. The molecule has 0 spiro atoms. The van der Waals surface area contributed by atoms with Crippen molar-refractivity contribution in [3.63, 3.8) is 0 Å². The van der Waals surface area contributed by atoms with Gasteiger partial charge in [0.2, 0.25) is 5.84 Å². The number of halogens is 3. The number of benzene rings is 1. The van der Waals surface area contributed by atoms with Gasteiger partial charge in [-0.15, -0.1) is 0 Å². The maximum atomic E-state index is 14.6. The molecular weight excluding hydrogens is 318 g/mol. The standard InChI is InChI=1S/C14H19ClF2N2O3/c1-13(2,3)22-19(4)12(18-20)14(16,17)9-6-7-11(21-5)10(15)8-9/h6-8,20H,1-5H3/b18-12-. The zero-order valence-electron chi connectivity index (χ0n) is 13.0. The Labute approximate surface area is 133 Å². The highest BCUT2D eigenvalue weighted by Crippen LogP contribution is 2.36. The van der Waals surface area contributed by atoms with Crippen LogP contribution in [0.25, 0.3) is 0 Å². The Hall–Kier alpha value is -1.60. The average molecular weight is 337 g/mol.